The van der Waals surface area contributed by atoms with Gasteiger partial charge in [0, 0.05) is 21.5 Å². The summed E-state index contributed by atoms with van der Waals surface area (Å²) in [4.78, 5) is 19.8. The largest absolute Gasteiger partial charge is 0.459 e. The van der Waals surface area contributed by atoms with E-state index < -0.39 is 0 Å². The van der Waals surface area contributed by atoms with E-state index in [2.05, 4.69) is 33.1 Å². The van der Waals surface area contributed by atoms with Gasteiger partial charge in [-0.25, -0.2) is 4.98 Å². The van der Waals surface area contributed by atoms with E-state index in [1.807, 2.05) is 18.2 Å². The number of rotatable bonds is 6. The highest BCUT2D eigenvalue weighted by atomic mass is 32.1. The van der Waals surface area contributed by atoms with Crippen molar-refractivity contribution in [2.75, 3.05) is 10.6 Å². The van der Waals surface area contributed by atoms with Crippen LogP contribution in [0.2, 0.25) is 0 Å². The van der Waals surface area contributed by atoms with Crippen LogP contribution in [-0.4, -0.2) is 10.9 Å². The van der Waals surface area contributed by atoms with Crippen molar-refractivity contribution in [3.8, 4) is 0 Å². The van der Waals surface area contributed by atoms with Gasteiger partial charge >= 0.3 is 0 Å². The number of hydrogen-bond acceptors (Lipinski definition) is 6. The number of aryl methyl sites for hydroxylation is 1. The van der Waals surface area contributed by atoms with Crippen molar-refractivity contribution in [2.45, 2.75) is 31.7 Å². The van der Waals surface area contributed by atoms with Gasteiger partial charge in [-0.15, -0.1) is 22.7 Å². The highest BCUT2D eigenvalue weighted by Crippen LogP contribution is 2.45. The number of anilines is 2. The lowest BCUT2D eigenvalue weighted by Crippen LogP contribution is -2.18. The number of furan rings is 1. The summed E-state index contributed by atoms with van der Waals surface area (Å²) in [6.07, 6.45) is 7.76. The Morgan fingerprint density at radius 1 is 1.10 bits per heavy atom. The summed E-state index contributed by atoms with van der Waals surface area (Å²) < 4.78 is 5.31. The van der Waals surface area contributed by atoms with E-state index in [1.54, 1.807) is 41.0 Å². The van der Waals surface area contributed by atoms with Crippen LogP contribution in [0.15, 0.2) is 64.7 Å². The summed E-state index contributed by atoms with van der Waals surface area (Å²) in [5.74, 6) is 0.912. The number of aromatic nitrogens is 1. The molecule has 1 aliphatic carbocycles. The number of thiophene rings is 2. The molecule has 5 rings (SSSR count). The molecule has 4 aromatic heterocycles. The number of nitrogens with zero attached hydrogens (tertiary/aromatic N) is 1. The summed E-state index contributed by atoms with van der Waals surface area (Å²) in [6, 6.07) is 13.4. The fourth-order valence-corrected chi connectivity index (χ4v) is 6.01. The van der Waals surface area contributed by atoms with Gasteiger partial charge in [-0.05, 0) is 67.0 Å². The van der Waals surface area contributed by atoms with Crippen LogP contribution in [0.4, 0.5) is 10.8 Å². The number of fused-ring (bicyclic) bond motifs is 1. The maximum atomic E-state index is 12.8. The molecule has 1 atom stereocenters. The van der Waals surface area contributed by atoms with Crippen molar-refractivity contribution >= 4 is 39.4 Å². The second-order valence-corrected chi connectivity index (χ2v) is 9.28. The van der Waals surface area contributed by atoms with E-state index in [4.69, 9.17) is 4.42 Å². The predicted molar refractivity (Wildman–Crippen MR) is 122 cm³/mol. The van der Waals surface area contributed by atoms with Crippen LogP contribution in [0.25, 0.3) is 0 Å². The zero-order chi connectivity index (χ0) is 20.3. The first-order valence-electron chi connectivity index (χ1n) is 10.00. The van der Waals surface area contributed by atoms with E-state index in [-0.39, 0.29) is 11.9 Å². The number of carbonyl (C=O) groups is 1. The van der Waals surface area contributed by atoms with E-state index in [0.29, 0.717) is 5.76 Å². The first-order valence-corrected chi connectivity index (χ1v) is 11.7. The van der Waals surface area contributed by atoms with Crippen molar-refractivity contribution in [2.24, 2.45) is 0 Å². The van der Waals surface area contributed by atoms with Gasteiger partial charge < -0.3 is 15.1 Å². The van der Waals surface area contributed by atoms with E-state index in [1.165, 1.54) is 34.4 Å². The highest BCUT2D eigenvalue weighted by molar-refractivity contribution is 7.16. The lowest BCUT2D eigenvalue weighted by atomic mass is 9.91. The first kappa shape index (κ1) is 19.1. The molecule has 0 spiro atoms. The minimum atomic E-state index is -0.220. The van der Waals surface area contributed by atoms with Crippen LogP contribution in [0.5, 0.6) is 0 Å². The number of nitrogens with one attached hydrogen (secondary N) is 2. The van der Waals surface area contributed by atoms with Crippen molar-refractivity contribution in [3.05, 3.63) is 86.9 Å². The smallest absolute Gasteiger partial charge is 0.291 e. The van der Waals surface area contributed by atoms with Crippen molar-refractivity contribution in [3.63, 3.8) is 0 Å². The molecule has 0 unspecified atom stereocenters. The minimum Gasteiger partial charge on any atom is -0.459 e. The zero-order valence-electron chi connectivity index (χ0n) is 16.3. The Balaban J connectivity index is 1.58. The molecule has 30 heavy (non-hydrogen) atoms. The van der Waals surface area contributed by atoms with Gasteiger partial charge in [-0.1, -0.05) is 12.1 Å². The molecule has 0 saturated heterocycles. The maximum absolute atomic E-state index is 12.8. The van der Waals surface area contributed by atoms with Crippen LogP contribution in [-0.2, 0) is 12.8 Å². The molecular formula is C23H21N3O2S2. The van der Waals surface area contributed by atoms with E-state index in [0.717, 1.165) is 29.2 Å². The monoisotopic (exact) mass is 435 g/mol. The van der Waals surface area contributed by atoms with Gasteiger partial charge in [0.25, 0.3) is 5.91 Å². The number of hydrogen-bond donors (Lipinski definition) is 2. The van der Waals surface area contributed by atoms with Gasteiger partial charge in [-0.2, -0.15) is 0 Å². The fraction of sp³-hybridized carbons (Fsp3) is 0.217. The molecule has 0 saturated carbocycles. The molecule has 152 valence electrons. The molecular weight excluding hydrogens is 414 g/mol. The SMILES string of the molecule is O=C(Nc1sc2c(c1[C@H](Nc1ccccn1)c1cccs1)CCCC2)c1ccco1. The molecule has 4 heterocycles. The Hall–Kier alpha value is -2.90. The van der Waals surface area contributed by atoms with Crippen LogP contribution < -0.4 is 10.6 Å². The molecule has 4 aromatic rings. The maximum Gasteiger partial charge on any atom is 0.291 e. The molecule has 1 aliphatic rings. The first-order chi connectivity index (χ1) is 14.8. The molecule has 7 heteroatoms. The normalized spacial score (nSPS) is 14.1. The molecule has 0 bridgehead atoms. The summed E-state index contributed by atoms with van der Waals surface area (Å²) in [5.41, 5.74) is 2.52. The lowest BCUT2D eigenvalue weighted by Gasteiger charge is -2.22. The molecule has 0 radical (unpaired) electrons. The minimum absolute atomic E-state index is 0.0788. The second kappa shape index (κ2) is 8.45. The Labute approximate surface area is 182 Å². The van der Waals surface area contributed by atoms with Gasteiger partial charge in [0.2, 0.25) is 0 Å². The number of carbonyl (C=O) groups excluding carboxylic acids is 1. The Morgan fingerprint density at radius 2 is 2.03 bits per heavy atom. The topological polar surface area (TPSA) is 67.2 Å². The quantitative estimate of drug-likeness (QED) is 0.382. The summed E-state index contributed by atoms with van der Waals surface area (Å²) in [5, 5.41) is 9.72. The third-order valence-corrected chi connectivity index (χ3v) is 7.42. The summed E-state index contributed by atoms with van der Waals surface area (Å²) >= 11 is 3.40. The third kappa shape index (κ3) is 3.78. The standard InChI is InChI=1S/C23H21N3O2S2/c27-22(16-8-5-13-28-16)26-23-20(15-7-1-2-9-17(15)30-23)21(18-10-6-14-29-18)25-19-11-3-4-12-24-19/h3-6,8,10-14,21H,1-2,7,9H2,(H,24,25)(H,26,27)/t21-/m1/s1. The predicted octanol–water partition coefficient (Wildman–Crippen LogP) is 6.13. The van der Waals surface area contributed by atoms with Crippen molar-refractivity contribution < 1.29 is 9.21 Å². The van der Waals surface area contributed by atoms with Gasteiger partial charge in [0.05, 0.1) is 12.3 Å². The highest BCUT2D eigenvalue weighted by Gasteiger charge is 2.29. The van der Waals surface area contributed by atoms with Gasteiger partial charge in [0.1, 0.15) is 10.8 Å². The Kier molecular flexibility index (Phi) is 5.38. The average molecular weight is 436 g/mol. The molecule has 2 N–H and O–H groups in total. The fourth-order valence-electron chi connectivity index (χ4n) is 3.90. The summed E-state index contributed by atoms with van der Waals surface area (Å²) in [6.45, 7) is 0. The molecule has 0 aromatic carbocycles. The van der Waals surface area contributed by atoms with Crippen LogP contribution in [0.1, 0.15) is 50.3 Å². The summed E-state index contributed by atoms with van der Waals surface area (Å²) in [7, 11) is 0. The number of pyridine rings is 1. The molecule has 0 aliphatic heterocycles. The van der Waals surface area contributed by atoms with Crippen LogP contribution in [0, 0.1) is 0 Å². The van der Waals surface area contributed by atoms with Gasteiger partial charge in [0.15, 0.2) is 5.76 Å². The molecule has 5 nitrogen and oxygen atoms in total. The third-order valence-electron chi connectivity index (χ3n) is 5.26. The Morgan fingerprint density at radius 3 is 2.80 bits per heavy atom. The van der Waals surface area contributed by atoms with Crippen molar-refractivity contribution in [1.29, 1.82) is 0 Å². The van der Waals surface area contributed by atoms with Crippen molar-refractivity contribution in [1.82, 2.24) is 4.98 Å². The molecule has 0 fully saturated rings. The van der Waals surface area contributed by atoms with Gasteiger partial charge in [-0.3, -0.25) is 4.79 Å². The second-order valence-electron chi connectivity index (χ2n) is 7.19. The Bertz CT molecular complexity index is 1120. The average Bonchev–Trinajstić information content (AvgIpc) is 3.54. The zero-order valence-corrected chi connectivity index (χ0v) is 17.9. The number of amides is 1. The lowest BCUT2D eigenvalue weighted by molar-refractivity contribution is 0.0997. The molecule has 1 amide bonds. The van der Waals surface area contributed by atoms with Crippen LogP contribution in [0.3, 0.4) is 0 Å². The van der Waals surface area contributed by atoms with E-state index in [9.17, 15) is 4.79 Å². The van der Waals surface area contributed by atoms with E-state index >= 15 is 0 Å². The van der Waals surface area contributed by atoms with Crippen LogP contribution >= 0.6 is 22.7 Å².